The predicted octanol–water partition coefficient (Wildman–Crippen LogP) is 2.18. The van der Waals surface area contributed by atoms with Gasteiger partial charge in [-0.2, -0.15) is 0 Å². The Bertz CT molecular complexity index is 514. The van der Waals surface area contributed by atoms with Gasteiger partial charge in [0.15, 0.2) is 5.78 Å². The van der Waals surface area contributed by atoms with E-state index in [0.717, 1.165) is 0 Å². The maximum Gasteiger partial charge on any atom is 0.233 e. The number of rotatable bonds is 6. The number of ketones is 1. The highest BCUT2D eigenvalue weighted by Crippen LogP contribution is 2.13. The van der Waals surface area contributed by atoms with Crippen molar-refractivity contribution in [1.29, 1.82) is 0 Å². The summed E-state index contributed by atoms with van der Waals surface area (Å²) < 4.78 is 12.0. The van der Waals surface area contributed by atoms with E-state index in [4.69, 9.17) is 11.6 Å². The third-order valence-electron chi connectivity index (χ3n) is 2.76. The van der Waals surface area contributed by atoms with Gasteiger partial charge in [-0.15, -0.1) is 0 Å². The first-order chi connectivity index (χ1) is 9.31. The molecule has 1 aromatic rings. The molecule has 2 atom stereocenters. The number of carbonyl (C=O) groups excluding carboxylic acids is 2. The smallest absolute Gasteiger partial charge is 0.233 e. The highest BCUT2D eigenvalue weighted by atomic mass is 35.5. The van der Waals surface area contributed by atoms with Gasteiger partial charge in [0.05, 0.1) is 16.8 Å². The van der Waals surface area contributed by atoms with Crippen LogP contribution in [-0.4, -0.2) is 27.7 Å². The number of hydrogen-bond acceptors (Lipinski definition) is 3. The molecule has 1 N–H and O–H groups in total. The van der Waals surface area contributed by atoms with E-state index in [1.807, 2.05) is 13.8 Å². The van der Waals surface area contributed by atoms with Gasteiger partial charge in [-0.3, -0.25) is 13.8 Å². The topological polar surface area (TPSA) is 63.2 Å². The molecule has 1 amide bonds. The summed E-state index contributed by atoms with van der Waals surface area (Å²) in [6.45, 7) is 5.13. The molecule has 1 aromatic carbocycles. The van der Waals surface area contributed by atoms with E-state index < -0.39 is 22.7 Å². The molecule has 0 spiro atoms. The zero-order chi connectivity index (χ0) is 15.3. The molecule has 0 aliphatic heterocycles. The summed E-state index contributed by atoms with van der Waals surface area (Å²) in [6, 6.07) is 5.95. The van der Waals surface area contributed by atoms with Crippen LogP contribution in [0.5, 0.6) is 0 Å². The zero-order valence-electron chi connectivity index (χ0n) is 11.7. The maximum atomic E-state index is 12.0. The molecular formula is C14H18ClNO3S. The lowest BCUT2D eigenvalue weighted by Gasteiger charge is -2.19. The van der Waals surface area contributed by atoms with E-state index in [0.29, 0.717) is 9.92 Å². The van der Waals surface area contributed by atoms with Crippen molar-refractivity contribution in [3.63, 3.8) is 0 Å². The van der Waals surface area contributed by atoms with Crippen LogP contribution < -0.4 is 5.32 Å². The lowest BCUT2D eigenvalue weighted by atomic mass is 10.0. The first kappa shape index (κ1) is 16.9. The number of amides is 1. The van der Waals surface area contributed by atoms with E-state index in [1.54, 1.807) is 24.3 Å². The Morgan fingerprint density at radius 2 is 1.80 bits per heavy atom. The van der Waals surface area contributed by atoms with Gasteiger partial charge in [-0.05, 0) is 37.1 Å². The summed E-state index contributed by atoms with van der Waals surface area (Å²) in [6.07, 6.45) is 0. The second-order valence-corrected chi connectivity index (χ2v) is 6.73. The fourth-order valence-corrected chi connectivity index (χ4v) is 2.80. The Balaban J connectivity index is 2.64. The molecule has 0 bridgehead atoms. The molecule has 0 saturated carbocycles. The van der Waals surface area contributed by atoms with Crippen molar-refractivity contribution >= 4 is 34.1 Å². The van der Waals surface area contributed by atoms with E-state index in [-0.39, 0.29) is 17.5 Å². The number of hydrogen-bond donors (Lipinski definition) is 1. The van der Waals surface area contributed by atoms with Crippen molar-refractivity contribution < 1.29 is 13.8 Å². The molecule has 0 saturated heterocycles. The standard InChI is InChI=1S/C14H18ClNO3S/c1-9(2)14(10(3)17)16-13(18)8-20(19)12-6-4-11(15)5-7-12/h4-7,9,14H,8H2,1-3H3,(H,16,18). The minimum Gasteiger partial charge on any atom is -0.345 e. The largest absolute Gasteiger partial charge is 0.345 e. The van der Waals surface area contributed by atoms with Gasteiger partial charge >= 0.3 is 0 Å². The molecule has 6 heteroatoms. The molecule has 4 nitrogen and oxygen atoms in total. The van der Waals surface area contributed by atoms with E-state index in [1.165, 1.54) is 6.92 Å². The van der Waals surface area contributed by atoms with Crippen LogP contribution in [0, 0.1) is 5.92 Å². The Hall–Kier alpha value is -1.20. The fraction of sp³-hybridized carbons (Fsp3) is 0.429. The van der Waals surface area contributed by atoms with E-state index >= 15 is 0 Å². The monoisotopic (exact) mass is 315 g/mol. The second-order valence-electron chi connectivity index (χ2n) is 4.84. The Labute approximate surface area is 126 Å². The minimum atomic E-state index is -1.45. The van der Waals surface area contributed by atoms with Gasteiger partial charge in [0.1, 0.15) is 5.75 Å². The highest BCUT2D eigenvalue weighted by molar-refractivity contribution is 7.85. The zero-order valence-corrected chi connectivity index (χ0v) is 13.3. The molecule has 110 valence electrons. The molecule has 1 rings (SSSR count). The summed E-state index contributed by atoms with van der Waals surface area (Å²) in [5, 5.41) is 3.17. The molecule has 0 aliphatic rings. The van der Waals surface area contributed by atoms with Crippen molar-refractivity contribution in [3.05, 3.63) is 29.3 Å². The van der Waals surface area contributed by atoms with Crippen molar-refractivity contribution in [2.45, 2.75) is 31.7 Å². The van der Waals surface area contributed by atoms with Gasteiger partial charge in [0.2, 0.25) is 5.91 Å². The molecule has 0 aromatic heterocycles. The van der Waals surface area contributed by atoms with Crippen molar-refractivity contribution in [3.8, 4) is 0 Å². The van der Waals surface area contributed by atoms with Crippen molar-refractivity contribution in [2.75, 3.05) is 5.75 Å². The van der Waals surface area contributed by atoms with Gasteiger partial charge in [0, 0.05) is 9.92 Å². The number of nitrogens with one attached hydrogen (secondary N) is 1. The van der Waals surface area contributed by atoms with Crippen molar-refractivity contribution in [1.82, 2.24) is 5.32 Å². The quantitative estimate of drug-likeness (QED) is 0.875. The van der Waals surface area contributed by atoms with Gasteiger partial charge in [-0.25, -0.2) is 0 Å². The first-order valence-electron chi connectivity index (χ1n) is 6.25. The minimum absolute atomic E-state index is 0.000386. The molecule has 0 radical (unpaired) electrons. The van der Waals surface area contributed by atoms with Crippen LogP contribution >= 0.6 is 11.6 Å². The fourth-order valence-electron chi connectivity index (χ4n) is 1.74. The summed E-state index contributed by atoms with van der Waals surface area (Å²) in [7, 11) is -1.45. The summed E-state index contributed by atoms with van der Waals surface area (Å²) in [5.74, 6) is -0.670. The average molecular weight is 316 g/mol. The van der Waals surface area contributed by atoms with Crippen LogP contribution in [0.3, 0.4) is 0 Å². The Morgan fingerprint density at radius 1 is 1.25 bits per heavy atom. The second kappa shape index (κ2) is 7.55. The number of benzene rings is 1. The third kappa shape index (κ3) is 5.06. The summed E-state index contributed by atoms with van der Waals surface area (Å²) >= 11 is 5.74. The van der Waals surface area contributed by atoms with E-state index in [9.17, 15) is 13.8 Å². The molecule has 20 heavy (non-hydrogen) atoms. The summed E-state index contributed by atoms with van der Waals surface area (Å²) in [5.41, 5.74) is 0. The third-order valence-corrected chi connectivity index (χ3v) is 4.33. The lowest BCUT2D eigenvalue weighted by molar-refractivity contribution is -0.126. The van der Waals surface area contributed by atoms with Crippen LogP contribution in [0.15, 0.2) is 29.2 Å². The first-order valence-corrected chi connectivity index (χ1v) is 7.94. The van der Waals surface area contributed by atoms with Crippen LogP contribution in [0.1, 0.15) is 20.8 Å². The Kier molecular flexibility index (Phi) is 6.36. The highest BCUT2D eigenvalue weighted by Gasteiger charge is 2.21. The normalized spacial score (nSPS) is 13.8. The molecule has 0 heterocycles. The number of halogens is 1. The van der Waals surface area contributed by atoms with Gasteiger partial charge in [0.25, 0.3) is 0 Å². The maximum absolute atomic E-state index is 12.0. The molecular weight excluding hydrogens is 298 g/mol. The SMILES string of the molecule is CC(=O)C(NC(=O)CS(=O)c1ccc(Cl)cc1)C(C)C. The van der Waals surface area contributed by atoms with Crippen LogP contribution in [0.25, 0.3) is 0 Å². The van der Waals surface area contributed by atoms with Crippen molar-refractivity contribution in [2.24, 2.45) is 5.92 Å². The predicted molar refractivity (Wildman–Crippen MR) is 80.2 cm³/mol. The molecule has 0 aliphatic carbocycles. The Morgan fingerprint density at radius 3 is 2.25 bits per heavy atom. The van der Waals surface area contributed by atoms with Crippen LogP contribution in [-0.2, 0) is 20.4 Å². The van der Waals surface area contributed by atoms with Gasteiger partial charge < -0.3 is 5.32 Å². The number of Topliss-reactive ketones (excluding diaryl/α,β-unsaturated/α-hetero) is 1. The van der Waals surface area contributed by atoms with Gasteiger partial charge in [-0.1, -0.05) is 25.4 Å². The summed E-state index contributed by atoms with van der Waals surface area (Å²) in [4.78, 5) is 23.8. The van der Waals surface area contributed by atoms with E-state index in [2.05, 4.69) is 5.32 Å². The molecule has 2 unspecified atom stereocenters. The molecule has 0 fully saturated rings. The average Bonchev–Trinajstić information content (AvgIpc) is 2.35. The lowest BCUT2D eigenvalue weighted by Crippen LogP contribution is -2.45. The van der Waals surface area contributed by atoms with Crippen LogP contribution in [0.4, 0.5) is 0 Å². The number of carbonyl (C=O) groups is 2. The van der Waals surface area contributed by atoms with Crippen LogP contribution in [0.2, 0.25) is 5.02 Å².